The summed E-state index contributed by atoms with van der Waals surface area (Å²) in [6, 6.07) is 29.3. The molecule has 54 heavy (non-hydrogen) atoms. The average molecular weight is 783 g/mol. The summed E-state index contributed by atoms with van der Waals surface area (Å²) in [6.07, 6.45) is 3.18. The van der Waals surface area contributed by atoms with Crippen LogP contribution in [-0.4, -0.2) is 31.4 Å². The van der Waals surface area contributed by atoms with E-state index in [1.54, 1.807) is 0 Å². The van der Waals surface area contributed by atoms with Gasteiger partial charge < -0.3 is 22.6 Å². The number of benzene rings is 5. The number of carbonyl (C=O) groups excluding carboxylic acids is 5. The van der Waals surface area contributed by atoms with Crippen molar-refractivity contribution >= 4 is 54.3 Å². The summed E-state index contributed by atoms with van der Waals surface area (Å²) in [4.78, 5) is 64.3. The van der Waals surface area contributed by atoms with Crippen LogP contribution in [-0.2, 0) is 0 Å². The highest BCUT2D eigenvalue weighted by Crippen LogP contribution is 2.79. The third-order valence-corrected chi connectivity index (χ3v) is 15.1. The van der Waals surface area contributed by atoms with Crippen molar-refractivity contribution in [2.75, 3.05) is 0 Å². The van der Waals surface area contributed by atoms with E-state index in [-0.39, 0.29) is 28.7 Å². The normalized spacial score (nSPS) is 16.2. The van der Waals surface area contributed by atoms with Crippen LogP contribution in [0.4, 0.5) is 0 Å². The van der Waals surface area contributed by atoms with Crippen LogP contribution in [0.2, 0.25) is 0 Å². The Hall–Kier alpha value is -6.55. The summed E-state index contributed by atoms with van der Waals surface area (Å²) in [5, 5.41) is 0. The van der Waals surface area contributed by atoms with E-state index in [0.29, 0.717) is 59.2 Å². The van der Waals surface area contributed by atoms with Crippen molar-refractivity contribution in [1.82, 2.24) is 0 Å². The molecule has 0 saturated heterocycles. The molecule has 0 aromatic heterocycles. The van der Waals surface area contributed by atoms with Crippen molar-refractivity contribution in [3.8, 4) is 28.7 Å². The Kier molecular flexibility index (Phi) is 11.3. The summed E-state index contributed by atoms with van der Waals surface area (Å²) < 4.78 is 46.6. The minimum absolute atomic E-state index is 0.0725. The first-order valence-electron chi connectivity index (χ1n) is 15.5. The second kappa shape index (κ2) is 16.4. The van der Waals surface area contributed by atoms with Gasteiger partial charge in [-0.05, 0) is 127 Å². The molecule has 1 aliphatic heterocycles. The SMILES string of the molecule is [N-]=[N+]=NP1(Oc2ccc(C=O)cc2)=NP(Oc2ccc(C=O)cc2)(Oc2ccc(C=O)cc2)=NP(Oc2ccc(C=O)cc2)(Oc2ccc(C=O)cc2)=N1. The van der Waals surface area contributed by atoms with Crippen molar-refractivity contribution in [3.63, 3.8) is 0 Å². The monoisotopic (exact) mass is 782 g/mol. The zero-order valence-electron chi connectivity index (χ0n) is 27.5. The number of carbonyl (C=O) groups is 5. The Morgan fingerprint density at radius 3 is 0.926 bits per heavy atom. The van der Waals surface area contributed by atoms with Gasteiger partial charge in [0.2, 0.25) is 0 Å². The van der Waals surface area contributed by atoms with Crippen molar-refractivity contribution in [3.05, 3.63) is 160 Å². The van der Waals surface area contributed by atoms with Crippen LogP contribution in [0.3, 0.4) is 0 Å². The van der Waals surface area contributed by atoms with Crippen LogP contribution in [0.5, 0.6) is 28.7 Å². The molecule has 6 rings (SSSR count). The van der Waals surface area contributed by atoms with Crippen molar-refractivity contribution < 1.29 is 46.6 Å². The van der Waals surface area contributed by atoms with Gasteiger partial charge in [0.05, 0.1) is 0 Å². The maximum Gasteiger partial charge on any atom is 0.458 e. The molecule has 1 aliphatic rings. The lowest BCUT2D eigenvalue weighted by molar-refractivity contribution is 0.111. The second-order valence-electron chi connectivity index (χ2n) is 10.8. The first-order valence-corrected chi connectivity index (χ1v) is 20.1. The Balaban J connectivity index is 1.68. The van der Waals surface area contributed by atoms with Crippen LogP contribution in [0, 0.1) is 0 Å². The zero-order chi connectivity index (χ0) is 38.0. The molecule has 0 spiro atoms. The highest BCUT2D eigenvalue weighted by Gasteiger charge is 2.46. The molecule has 5 aromatic rings. The number of aldehydes is 5. The first kappa shape index (κ1) is 37.2. The molecular formula is C35H25N6O10P3. The summed E-state index contributed by atoms with van der Waals surface area (Å²) in [7, 11) is -13.0. The molecule has 1 unspecified atom stereocenters. The Labute approximate surface area is 307 Å². The van der Waals surface area contributed by atoms with Gasteiger partial charge in [-0.25, -0.2) is 0 Å². The molecule has 5 aromatic carbocycles. The highest BCUT2D eigenvalue weighted by atomic mass is 31.3. The van der Waals surface area contributed by atoms with Crippen LogP contribution >= 0.6 is 22.9 Å². The number of hydrogen-bond acceptors (Lipinski definition) is 14. The summed E-state index contributed by atoms with van der Waals surface area (Å²) in [6.45, 7) is 0. The molecule has 0 fully saturated rings. The molecule has 0 bridgehead atoms. The van der Waals surface area contributed by atoms with Gasteiger partial charge in [-0.15, -0.1) is 9.03 Å². The predicted molar refractivity (Wildman–Crippen MR) is 199 cm³/mol. The average Bonchev–Trinajstić information content (AvgIpc) is 3.19. The quantitative estimate of drug-likeness (QED) is 0.0303. The van der Waals surface area contributed by atoms with E-state index in [9.17, 15) is 29.5 Å². The number of nitrogens with zero attached hydrogens (tertiary/aromatic N) is 6. The van der Waals surface area contributed by atoms with Gasteiger partial charge in [-0.2, -0.15) is 0 Å². The number of rotatable bonds is 16. The molecule has 0 amide bonds. The van der Waals surface area contributed by atoms with Crippen LogP contribution in [0.25, 0.3) is 10.4 Å². The fourth-order valence-electron chi connectivity index (χ4n) is 4.54. The fraction of sp³-hybridized carbons (Fsp3) is 0. The molecule has 19 heteroatoms. The number of hydrogen-bond donors (Lipinski definition) is 0. The third-order valence-electron chi connectivity index (χ3n) is 7.05. The molecule has 0 saturated carbocycles. The van der Waals surface area contributed by atoms with Crippen molar-refractivity contribution in [1.29, 1.82) is 0 Å². The molecule has 0 aliphatic carbocycles. The van der Waals surface area contributed by atoms with E-state index in [0.717, 1.165) is 0 Å². The fourth-order valence-corrected chi connectivity index (χ4v) is 13.4. The Morgan fingerprint density at radius 1 is 0.407 bits per heavy atom. The van der Waals surface area contributed by atoms with Gasteiger partial charge in [0.1, 0.15) is 60.2 Å². The Morgan fingerprint density at radius 2 is 0.667 bits per heavy atom. The van der Waals surface area contributed by atoms with Gasteiger partial charge in [0.15, 0.2) is 0 Å². The largest absolute Gasteiger partial charge is 0.458 e. The van der Waals surface area contributed by atoms with Gasteiger partial charge in [0, 0.05) is 37.6 Å². The number of azide groups is 1. The molecule has 16 nitrogen and oxygen atoms in total. The van der Waals surface area contributed by atoms with Gasteiger partial charge in [-0.3, -0.25) is 24.0 Å². The molecule has 1 heterocycles. The van der Waals surface area contributed by atoms with Gasteiger partial charge in [0.25, 0.3) is 0 Å². The molecule has 0 radical (unpaired) electrons. The van der Waals surface area contributed by atoms with Gasteiger partial charge in [-0.1, -0.05) is 4.52 Å². The lowest BCUT2D eigenvalue weighted by atomic mass is 10.2. The van der Waals surface area contributed by atoms with Crippen molar-refractivity contribution in [2.24, 2.45) is 18.4 Å². The summed E-state index contributed by atoms with van der Waals surface area (Å²) in [5.74, 6) is 0.484. The van der Waals surface area contributed by atoms with E-state index in [1.165, 1.54) is 121 Å². The lowest BCUT2D eigenvalue weighted by Gasteiger charge is -2.32. The van der Waals surface area contributed by atoms with Crippen LogP contribution < -0.4 is 22.6 Å². The second-order valence-corrected chi connectivity index (χ2v) is 17.1. The van der Waals surface area contributed by atoms with E-state index in [1.807, 2.05) is 0 Å². The van der Waals surface area contributed by atoms with E-state index < -0.39 is 22.9 Å². The van der Waals surface area contributed by atoms with Gasteiger partial charge >= 0.3 is 22.9 Å². The highest BCUT2D eigenvalue weighted by molar-refractivity contribution is 7.80. The standard InChI is InChI=1S/C35H25N6O10P3/c36-37-38-52(47-31-11-1-26(21-42)2-12-31)39-53(48-32-13-3-27(22-43)4-14-32,49-33-15-5-28(23-44)6-16-33)41-54(40-52,50-34-17-7-29(24-45)8-18-34)51-35-19-9-30(25-46)10-20-35/h1-25H. The minimum atomic E-state index is -4.34. The minimum Gasteiger partial charge on any atom is -0.437 e. The third kappa shape index (κ3) is 8.90. The maximum atomic E-state index is 11.5. The molecule has 270 valence electrons. The zero-order valence-corrected chi connectivity index (χ0v) is 30.2. The summed E-state index contributed by atoms with van der Waals surface area (Å²) in [5.41, 5.74) is 11.7. The van der Waals surface area contributed by atoms with E-state index in [2.05, 4.69) is 9.80 Å². The molecular weight excluding hydrogens is 757 g/mol. The molecule has 0 N–H and O–H groups in total. The summed E-state index contributed by atoms with van der Waals surface area (Å²) >= 11 is 0. The van der Waals surface area contributed by atoms with Crippen LogP contribution in [0.15, 0.2) is 140 Å². The van der Waals surface area contributed by atoms with E-state index in [4.69, 9.17) is 36.2 Å². The van der Waals surface area contributed by atoms with Crippen molar-refractivity contribution in [2.45, 2.75) is 0 Å². The maximum absolute atomic E-state index is 11.5. The first-order chi connectivity index (χ1) is 26.2. The Bertz CT molecular complexity index is 2210. The topological polar surface area (TPSA) is 217 Å². The van der Waals surface area contributed by atoms with Crippen LogP contribution in [0.1, 0.15) is 51.8 Å². The predicted octanol–water partition coefficient (Wildman–Crippen LogP) is 10.6. The smallest absolute Gasteiger partial charge is 0.437 e. The van der Waals surface area contributed by atoms with E-state index >= 15 is 0 Å². The lowest BCUT2D eigenvalue weighted by Crippen LogP contribution is -2.08. The molecule has 1 atom stereocenters.